The molecule has 0 saturated heterocycles. The van der Waals surface area contributed by atoms with Crippen LogP contribution in [-0.2, 0) is 10.0 Å². The van der Waals surface area contributed by atoms with E-state index < -0.39 is 27.4 Å². The molecule has 21 heavy (non-hydrogen) atoms. The molecule has 5 nitrogen and oxygen atoms in total. The van der Waals surface area contributed by atoms with Gasteiger partial charge in [-0.2, -0.15) is 0 Å². The monoisotopic (exact) mass is 317 g/mol. The molecule has 0 radical (unpaired) electrons. The Morgan fingerprint density at radius 2 is 1.90 bits per heavy atom. The van der Waals surface area contributed by atoms with E-state index in [0.29, 0.717) is 12.3 Å². The van der Waals surface area contributed by atoms with Crippen molar-refractivity contribution >= 4 is 16.0 Å². The number of hydrogen-bond acceptors (Lipinski definition) is 3. The Hall–Kier alpha value is -1.47. The number of carbonyl (C=O) groups is 1. The fourth-order valence-electron chi connectivity index (χ4n) is 1.81. The first-order valence-electron chi connectivity index (χ1n) is 6.68. The minimum atomic E-state index is -3.86. The van der Waals surface area contributed by atoms with Gasteiger partial charge in [0.2, 0.25) is 10.0 Å². The van der Waals surface area contributed by atoms with E-state index in [-0.39, 0.29) is 10.9 Å². The largest absolute Gasteiger partial charge is 0.478 e. The number of nitrogens with one attached hydrogen (secondary N) is 1. The summed E-state index contributed by atoms with van der Waals surface area (Å²) in [5.41, 5.74) is -0.660. The molecule has 1 rings (SSSR count). The second-order valence-electron chi connectivity index (χ2n) is 5.44. The van der Waals surface area contributed by atoms with Gasteiger partial charge >= 0.3 is 5.97 Å². The van der Waals surface area contributed by atoms with E-state index in [0.717, 1.165) is 24.6 Å². The molecule has 0 aliphatic rings. The highest BCUT2D eigenvalue weighted by atomic mass is 32.2. The molecule has 1 aromatic rings. The standard InChI is InChI=1S/C14H20FNO4S/c1-9(2)4-5-10(3)16-21(19,20)11-6-7-13(15)12(8-11)14(17)18/h6-10,16H,4-5H2,1-3H3,(H,17,18). The number of hydrogen-bond donors (Lipinski definition) is 2. The number of carboxylic acid groups (broad SMARTS) is 1. The third-order valence-corrected chi connectivity index (χ3v) is 4.60. The van der Waals surface area contributed by atoms with E-state index in [4.69, 9.17) is 5.11 Å². The molecule has 0 aromatic heterocycles. The summed E-state index contributed by atoms with van der Waals surface area (Å²) in [5.74, 6) is -2.01. The van der Waals surface area contributed by atoms with Crippen LogP contribution in [0.2, 0.25) is 0 Å². The van der Waals surface area contributed by atoms with Crippen molar-refractivity contribution in [3.05, 3.63) is 29.6 Å². The molecule has 0 bridgehead atoms. The normalized spacial score (nSPS) is 13.4. The van der Waals surface area contributed by atoms with Gasteiger partial charge in [-0.25, -0.2) is 22.3 Å². The molecule has 0 fully saturated rings. The highest BCUT2D eigenvalue weighted by Crippen LogP contribution is 2.16. The quantitative estimate of drug-likeness (QED) is 0.810. The van der Waals surface area contributed by atoms with Gasteiger partial charge < -0.3 is 5.11 Å². The molecule has 0 aliphatic heterocycles. The maximum absolute atomic E-state index is 13.3. The predicted octanol–water partition coefficient (Wildman–Crippen LogP) is 2.63. The Balaban J connectivity index is 2.93. The number of rotatable bonds is 7. The lowest BCUT2D eigenvalue weighted by Crippen LogP contribution is -2.33. The lowest BCUT2D eigenvalue weighted by Gasteiger charge is -2.15. The second kappa shape index (κ2) is 7.00. The maximum atomic E-state index is 13.3. The van der Waals surface area contributed by atoms with Gasteiger partial charge in [0.05, 0.1) is 10.5 Å². The molecule has 1 unspecified atom stereocenters. The van der Waals surface area contributed by atoms with Crippen molar-refractivity contribution in [3.8, 4) is 0 Å². The summed E-state index contributed by atoms with van der Waals surface area (Å²) in [6.45, 7) is 5.82. The van der Waals surface area contributed by atoms with E-state index in [1.807, 2.05) is 13.8 Å². The van der Waals surface area contributed by atoms with Gasteiger partial charge in [0, 0.05) is 6.04 Å². The van der Waals surface area contributed by atoms with Crippen LogP contribution < -0.4 is 4.72 Å². The van der Waals surface area contributed by atoms with Crippen LogP contribution in [0.15, 0.2) is 23.1 Å². The maximum Gasteiger partial charge on any atom is 0.338 e. The van der Waals surface area contributed by atoms with Crippen molar-refractivity contribution in [2.24, 2.45) is 5.92 Å². The van der Waals surface area contributed by atoms with Crippen LogP contribution in [0.3, 0.4) is 0 Å². The summed E-state index contributed by atoms with van der Waals surface area (Å²) in [5, 5.41) is 8.83. The zero-order valence-corrected chi connectivity index (χ0v) is 13.1. The number of halogens is 1. The first kappa shape index (κ1) is 17.6. The van der Waals surface area contributed by atoms with Gasteiger partial charge in [-0.05, 0) is 43.9 Å². The molecule has 0 heterocycles. The number of carboxylic acids is 1. The smallest absolute Gasteiger partial charge is 0.338 e. The SMILES string of the molecule is CC(C)CCC(C)NS(=O)(=O)c1ccc(F)c(C(=O)O)c1. The summed E-state index contributed by atoms with van der Waals surface area (Å²) >= 11 is 0. The Kier molecular flexibility index (Phi) is 5.86. The minimum absolute atomic E-state index is 0.252. The van der Waals surface area contributed by atoms with E-state index in [2.05, 4.69) is 4.72 Å². The predicted molar refractivity (Wildman–Crippen MR) is 77.2 cm³/mol. The summed E-state index contributed by atoms with van der Waals surface area (Å²) in [6.07, 6.45) is 1.54. The third kappa shape index (κ3) is 5.09. The molecule has 1 atom stereocenters. The van der Waals surface area contributed by atoms with Crippen LogP contribution in [0.5, 0.6) is 0 Å². The van der Waals surface area contributed by atoms with Crippen LogP contribution in [0.25, 0.3) is 0 Å². The Bertz CT molecular complexity index is 613. The molecule has 118 valence electrons. The van der Waals surface area contributed by atoms with Gasteiger partial charge in [0.25, 0.3) is 0 Å². The van der Waals surface area contributed by atoms with Crippen LogP contribution in [-0.4, -0.2) is 25.5 Å². The average Bonchev–Trinajstić information content (AvgIpc) is 2.35. The van der Waals surface area contributed by atoms with E-state index in [9.17, 15) is 17.6 Å². The van der Waals surface area contributed by atoms with Crippen LogP contribution in [0.1, 0.15) is 44.0 Å². The molecular weight excluding hydrogens is 297 g/mol. The highest BCUT2D eigenvalue weighted by molar-refractivity contribution is 7.89. The second-order valence-corrected chi connectivity index (χ2v) is 7.15. The average molecular weight is 317 g/mol. The molecule has 2 N–H and O–H groups in total. The lowest BCUT2D eigenvalue weighted by atomic mass is 10.1. The molecule has 7 heteroatoms. The van der Waals surface area contributed by atoms with E-state index >= 15 is 0 Å². The van der Waals surface area contributed by atoms with Crippen LogP contribution in [0.4, 0.5) is 4.39 Å². The van der Waals surface area contributed by atoms with Crippen LogP contribution >= 0.6 is 0 Å². The lowest BCUT2D eigenvalue weighted by molar-refractivity contribution is 0.0691. The molecule has 0 amide bonds. The van der Waals surface area contributed by atoms with Crippen molar-refractivity contribution < 1.29 is 22.7 Å². The van der Waals surface area contributed by atoms with Gasteiger partial charge in [-0.3, -0.25) is 0 Å². The van der Waals surface area contributed by atoms with Crippen molar-refractivity contribution in [2.45, 2.75) is 44.6 Å². The summed E-state index contributed by atoms with van der Waals surface area (Å²) < 4.78 is 40.0. The number of benzene rings is 1. The minimum Gasteiger partial charge on any atom is -0.478 e. The van der Waals surface area contributed by atoms with Crippen molar-refractivity contribution in [1.29, 1.82) is 0 Å². The zero-order chi connectivity index (χ0) is 16.2. The molecule has 0 aliphatic carbocycles. The van der Waals surface area contributed by atoms with E-state index in [1.54, 1.807) is 6.92 Å². The van der Waals surface area contributed by atoms with Gasteiger partial charge in [0.1, 0.15) is 5.82 Å². The van der Waals surface area contributed by atoms with Gasteiger partial charge in [-0.1, -0.05) is 13.8 Å². The summed E-state index contributed by atoms with van der Waals surface area (Å²) in [4.78, 5) is 10.6. The van der Waals surface area contributed by atoms with Gasteiger partial charge in [-0.15, -0.1) is 0 Å². The van der Waals surface area contributed by atoms with Crippen molar-refractivity contribution in [1.82, 2.24) is 4.72 Å². The first-order valence-corrected chi connectivity index (χ1v) is 8.17. The van der Waals surface area contributed by atoms with Gasteiger partial charge in [0.15, 0.2) is 0 Å². The number of sulfonamides is 1. The Morgan fingerprint density at radius 3 is 2.43 bits per heavy atom. The first-order chi connectivity index (χ1) is 9.63. The summed E-state index contributed by atoms with van der Waals surface area (Å²) in [7, 11) is -3.86. The topological polar surface area (TPSA) is 83.5 Å². The fourth-order valence-corrected chi connectivity index (χ4v) is 3.11. The van der Waals surface area contributed by atoms with Crippen molar-refractivity contribution in [2.75, 3.05) is 0 Å². The fraction of sp³-hybridized carbons (Fsp3) is 0.500. The van der Waals surface area contributed by atoms with E-state index in [1.165, 1.54) is 0 Å². The Morgan fingerprint density at radius 1 is 1.29 bits per heavy atom. The molecule has 1 aromatic carbocycles. The molecule has 0 spiro atoms. The zero-order valence-electron chi connectivity index (χ0n) is 12.3. The molecular formula is C14H20FNO4S. The highest BCUT2D eigenvalue weighted by Gasteiger charge is 2.21. The summed E-state index contributed by atoms with van der Waals surface area (Å²) in [6, 6.07) is 2.45. The third-order valence-electron chi connectivity index (χ3n) is 3.01. The van der Waals surface area contributed by atoms with Crippen LogP contribution in [0, 0.1) is 11.7 Å². The van der Waals surface area contributed by atoms with Crippen molar-refractivity contribution in [3.63, 3.8) is 0 Å². The molecule has 0 saturated carbocycles. The Labute approximate surface area is 124 Å². The number of aromatic carboxylic acids is 1.